The molecule has 0 aromatic heterocycles. The van der Waals surface area contributed by atoms with Gasteiger partial charge in [0.2, 0.25) is 5.91 Å². The molecule has 8 heteroatoms. The molecule has 1 unspecified atom stereocenters. The molecule has 2 aromatic carbocycles. The predicted octanol–water partition coefficient (Wildman–Crippen LogP) is 2.44. The summed E-state index contributed by atoms with van der Waals surface area (Å²) < 4.78 is 10.3. The van der Waals surface area contributed by atoms with Crippen molar-refractivity contribution >= 4 is 18.0 Å². The second-order valence-electron chi connectivity index (χ2n) is 8.20. The molecular formula is C25H30N2O6. The van der Waals surface area contributed by atoms with Gasteiger partial charge in [-0.3, -0.25) is 9.69 Å². The molecule has 1 saturated heterocycles. The van der Waals surface area contributed by atoms with Gasteiger partial charge in [-0.2, -0.15) is 0 Å². The predicted molar refractivity (Wildman–Crippen MR) is 121 cm³/mol. The molecule has 0 spiro atoms. The maximum Gasteiger partial charge on any atom is 0.411 e. The number of amides is 2. The zero-order valence-corrected chi connectivity index (χ0v) is 18.9. The van der Waals surface area contributed by atoms with Gasteiger partial charge in [0, 0.05) is 13.0 Å². The van der Waals surface area contributed by atoms with Crippen molar-refractivity contribution in [1.82, 2.24) is 10.2 Å². The highest BCUT2D eigenvalue weighted by Crippen LogP contribution is 2.34. The number of rotatable bonds is 8. The quantitative estimate of drug-likeness (QED) is 0.594. The third-order valence-corrected chi connectivity index (χ3v) is 5.90. The van der Waals surface area contributed by atoms with Crippen LogP contribution in [0.2, 0.25) is 0 Å². The maximum absolute atomic E-state index is 13.6. The number of carbonyl (C=O) groups excluding carboxylic acids is 3. The number of esters is 1. The summed E-state index contributed by atoms with van der Waals surface area (Å²) >= 11 is 0. The topological polar surface area (TPSA) is 105 Å². The Morgan fingerprint density at radius 2 is 1.67 bits per heavy atom. The van der Waals surface area contributed by atoms with Crippen LogP contribution in [0.25, 0.3) is 0 Å². The van der Waals surface area contributed by atoms with E-state index in [0.29, 0.717) is 19.4 Å². The number of nitrogens with zero attached hydrogens (tertiary/aromatic N) is 1. The smallest absolute Gasteiger partial charge is 0.411 e. The average Bonchev–Trinajstić information content (AvgIpc) is 3.26. The third kappa shape index (κ3) is 5.70. The first-order valence-electron chi connectivity index (χ1n) is 11.0. The van der Waals surface area contributed by atoms with Crippen LogP contribution in [0.3, 0.4) is 0 Å². The minimum atomic E-state index is -1.27. The standard InChI is InChI=1S/C25H30N2O6/c1-18(28)21(22(29)32-2)26-23(30)25(16-19-10-5-3-6-11-19)14-9-15-27(25)24(31)33-17-20-12-7-4-8-13-20/h3-8,10-13,18,21,28H,9,14-17H2,1-2H3,(H,26,30)/t18-,21+,25?/m1/s1. The highest BCUT2D eigenvalue weighted by Gasteiger charge is 2.51. The molecule has 3 rings (SSSR count). The maximum atomic E-state index is 13.6. The van der Waals surface area contributed by atoms with E-state index in [1.165, 1.54) is 18.9 Å². The molecule has 1 heterocycles. The molecule has 8 nitrogen and oxygen atoms in total. The summed E-state index contributed by atoms with van der Waals surface area (Å²) in [5.41, 5.74) is 0.432. The number of aliphatic hydroxyl groups is 1. The monoisotopic (exact) mass is 454 g/mol. The van der Waals surface area contributed by atoms with Crippen molar-refractivity contribution in [3.8, 4) is 0 Å². The van der Waals surface area contributed by atoms with E-state index in [2.05, 4.69) is 5.32 Å². The van der Waals surface area contributed by atoms with Crippen LogP contribution in [0.15, 0.2) is 60.7 Å². The van der Waals surface area contributed by atoms with Gasteiger partial charge in [0.15, 0.2) is 6.04 Å². The van der Waals surface area contributed by atoms with Gasteiger partial charge in [-0.1, -0.05) is 60.7 Å². The number of ether oxygens (including phenoxy) is 2. The molecular weight excluding hydrogens is 424 g/mol. The Morgan fingerprint density at radius 1 is 1.06 bits per heavy atom. The fourth-order valence-electron chi connectivity index (χ4n) is 4.15. The first-order chi connectivity index (χ1) is 15.9. The number of likely N-dealkylation sites (tertiary alicyclic amines) is 1. The normalized spacial score (nSPS) is 19.4. The molecule has 2 aromatic rings. The van der Waals surface area contributed by atoms with Crippen LogP contribution < -0.4 is 5.32 Å². The van der Waals surface area contributed by atoms with Gasteiger partial charge in [0.05, 0.1) is 13.2 Å². The molecule has 0 saturated carbocycles. The van der Waals surface area contributed by atoms with Crippen LogP contribution in [0, 0.1) is 0 Å². The van der Waals surface area contributed by atoms with E-state index in [9.17, 15) is 19.5 Å². The zero-order chi connectivity index (χ0) is 23.8. The SMILES string of the molecule is COC(=O)[C@@H](NC(=O)C1(Cc2ccccc2)CCCN1C(=O)OCc1ccccc1)[C@@H](C)O. The zero-order valence-electron chi connectivity index (χ0n) is 18.9. The minimum absolute atomic E-state index is 0.0810. The molecule has 2 N–H and O–H groups in total. The van der Waals surface area contributed by atoms with Gasteiger partial charge in [-0.15, -0.1) is 0 Å². The molecule has 3 atom stereocenters. The van der Waals surface area contributed by atoms with E-state index in [1.54, 1.807) is 0 Å². The molecule has 2 amide bonds. The lowest BCUT2D eigenvalue weighted by Crippen LogP contribution is -2.62. The van der Waals surface area contributed by atoms with Gasteiger partial charge in [-0.05, 0) is 30.9 Å². The van der Waals surface area contributed by atoms with E-state index >= 15 is 0 Å². The molecule has 1 aliphatic rings. The van der Waals surface area contributed by atoms with Crippen LogP contribution in [0.4, 0.5) is 4.79 Å². The number of hydrogen-bond donors (Lipinski definition) is 2. The Hall–Kier alpha value is -3.39. The van der Waals surface area contributed by atoms with Crippen molar-refractivity contribution in [3.63, 3.8) is 0 Å². The molecule has 33 heavy (non-hydrogen) atoms. The van der Waals surface area contributed by atoms with Gasteiger partial charge in [-0.25, -0.2) is 9.59 Å². The minimum Gasteiger partial charge on any atom is -0.467 e. The van der Waals surface area contributed by atoms with E-state index in [-0.39, 0.29) is 13.0 Å². The van der Waals surface area contributed by atoms with E-state index < -0.39 is 35.7 Å². The van der Waals surface area contributed by atoms with E-state index in [4.69, 9.17) is 9.47 Å². The van der Waals surface area contributed by atoms with Crippen molar-refractivity contribution in [2.24, 2.45) is 0 Å². The highest BCUT2D eigenvalue weighted by molar-refractivity contribution is 5.94. The lowest BCUT2D eigenvalue weighted by molar-refractivity contribution is -0.149. The van der Waals surface area contributed by atoms with E-state index in [1.807, 2.05) is 60.7 Å². The Morgan fingerprint density at radius 3 is 2.24 bits per heavy atom. The average molecular weight is 455 g/mol. The summed E-state index contributed by atoms with van der Waals surface area (Å²) in [7, 11) is 1.19. The number of benzene rings is 2. The summed E-state index contributed by atoms with van der Waals surface area (Å²) in [5.74, 6) is -1.29. The Bertz CT molecular complexity index is 950. The van der Waals surface area contributed by atoms with Gasteiger partial charge in [0.1, 0.15) is 12.1 Å². The van der Waals surface area contributed by atoms with Crippen LogP contribution in [0.1, 0.15) is 30.9 Å². The van der Waals surface area contributed by atoms with Crippen molar-refractivity contribution in [2.75, 3.05) is 13.7 Å². The summed E-state index contributed by atoms with van der Waals surface area (Å²) in [6, 6.07) is 17.4. The first kappa shape index (κ1) is 24.3. The Balaban J connectivity index is 1.87. The van der Waals surface area contributed by atoms with Gasteiger partial charge in [0.25, 0.3) is 0 Å². The van der Waals surface area contributed by atoms with Gasteiger partial charge < -0.3 is 19.9 Å². The summed E-state index contributed by atoms with van der Waals surface area (Å²) in [6.45, 7) is 1.81. The number of nitrogens with one attached hydrogen (secondary N) is 1. The number of hydrogen-bond acceptors (Lipinski definition) is 6. The van der Waals surface area contributed by atoms with Crippen molar-refractivity contribution in [3.05, 3.63) is 71.8 Å². The lowest BCUT2D eigenvalue weighted by atomic mass is 9.86. The van der Waals surface area contributed by atoms with Crippen molar-refractivity contribution < 1.29 is 29.0 Å². The Labute approximate surface area is 193 Å². The Kier molecular flexibility index (Phi) is 8.06. The lowest BCUT2D eigenvalue weighted by Gasteiger charge is -2.37. The summed E-state index contributed by atoms with van der Waals surface area (Å²) in [6.07, 6.45) is -0.544. The van der Waals surface area contributed by atoms with Gasteiger partial charge >= 0.3 is 12.1 Å². The number of methoxy groups -OCH3 is 1. The van der Waals surface area contributed by atoms with Crippen LogP contribution in [-0.4, -0.2) is 59.3 Å². The second-order valence-corrected chi connectivity index (χ2v) is 8.20. The van der Waals surface area contributed by atoms with E-state index in [0.717, 1.165) is 11.1 Å². The highest BCUT2D eigenvalue weighted by atomic mass is 16.6. The fraction of sp³-hybridized carbons (Fsp3) is 0.400. The third-order valence-electron chi connectivity index (χ3n) is 5.90. The van der Waals surface area contributed by atoms with Crippen molar-refractivity contribution in [2.45, 2.75) is 50.5 Å². The fourth-order valence-corrected chi connectivity index (χ4v) is 4.15. The van der Waals surface area contributed by atoms with Crippen LogP contribution >= 0.6 is 0 Å². The molecule has 0 bridgehead atoms. The van der Waals surface area contributed by atoms with Crippen molar-refractivity contribution in [1.29, 1.82) is 0 Å². The molecule has 1 fully saturated rings. The molecule has 1 aliphatic heterocycles. The summed E-state index contributed by atoms with van der Waals surface area (Å²) in [4.78, 5) is 40.3. The van der Waals surface area contributed by atoms with Crippen LogP contribution in [0.5, 0.6) is 0 Å². The second kappa shape index (κ2) is 11.0. The molecule has 0 radical (unpaired) electrons. The molecule has 176 valence electrons. The largest absolute Gasteiger partial charge is 0.467 e. The number of carbonyl (C=O) groups is 3. The number of aliphatic hydroxyl groups excluding tert-OH is 1. The van der Waals surface area contributed by atoms with Crippen LogP contribution in [-0.2, 0) is 32.1 Å². The summed E-state index contributed by atoms with van der Waals surface area (Å²) in [5, 5.41) is 12.7. The molecule has 0 aliphatic carbocycles. The first-order valence-corrected chi connectivity index (χ1v) is 11.0.